The van der Waals surface area contributed by atoms with E-state index in [9.17, 15) is 33.0 Å². The van der Waals surface area contributed by atoms with E-state index in [1.165, 1.54) is 24.3 Å². The van der Waals surface area contributed by atoms with Crippen LogP contribution in [0.4, 0.5) is 18.9 Å². The Kier molecular flexibility index (Phi) is 11.2. The van der Waals surface area contributed by atoms with Crippen molar-refractivity contribution >= 4 is 35.3 Å². The third-order valence-electron chi connectivity index (χ3n) is 6.91. The maximum absolute atomic E-state index is 13.9. The number of benzene rings is 2. The van der Waals surface area contributed by atoms with E-state index in [1.807, 2.05) is 4.90 Å². The van der Waals surface area contributed by atoms with Crippen LogP contribution in [0.2, 0.25) is 0 Å². The summed E-state index contributed by atoms with van der Waals surface area (Å²) in [6.45, 7) is 4.45. The van der Waals surface area contributed by atoms with Gasteiger partial charge in [-0.15, -0.1) is 0 Å². The fraction of sp³-hybridized carbons (Fsp3) is 0.400. The number of likely N-dealkylation sites (tertiary alicyclic amines) is 1. The minimum absolute atomic E-state index is 0.0253. The van der Waals surface area contributed by atoms with Gasteiger partial charge in [0, 0.05) is 37.2 Å². The first-order valence-corrected chi connectivity index (χ1v) is 13.8. The largest absolute Gasteiger partial charge is 0.507 e. The van der Waals surface area contributed by atoms with Gasteiger partial charge < -0.3 is 30.5 Å². The second kappa shape index (κ2) is 14.6. The Morgan fingerprint density at radius 3 is 2.49 bits per heavy atom. The molecule has 0 bridgehead atoms. The zero-order chi connectivity index (χ0) is 31.7. The molecule has 10 nitrogen and oxygen atoms in total. The first-order chi connectivity index (χ1) is 20.3. The molecule has 43 heavy (non-hydrogen) atoms. The van der Waals surface area contributed by atoms with Gasteiger partial charge in [0.15, 0.2) is 0 Å². The molecular formula is C30H36F3N5O5. The Hall–Kier alpha value is -4.55. The number of rotatable bonds is 10. The second-order valence-corrected chi connectivity index (χ2v) is 9.97. The molecule has 1 amide bonds. The molecule has 5 N–H and O–H groups in total. The first-order valence-electron chi connectivity index (χ1n) is 13.8. The predicted molar refractivity (Wildman–Crippen MR) is 157 cm³/mol. The summed E-state index contributed by atoms with van der Waals surface area (Å²) in [5, 5.41) is 28.2. The quantitative estimate of drug-likeness (QED) is 0.175. The summed E-state index contributed by atoms with van der Waals surface area (Å²) in [6.07, 6.45) is -1.46. The van der Waals surface area contributed by atoms with E-state index in [0.29, 0.717) is 24.5 Å². The van der Waals surface area contributed by atoms with Gasteiger partial charge >= 0.3 is 12.1 Å². The lowest BCUT2D eigenvalue weighted by molar-refractivity contribution is -0.144. The molecule has 0 unspecified atom stereocenters. The van der Waals surface area contributed by atoms with Crippen LogP contribution in [-0.4, -0.2) is 70.9 Å². The van der Waals surface area contributed by atoms with Crippen molar-refractivity contribution < 1.29 is 37.7 Å². The van der Waals surface area contributed by atoms with Crippen LogP contribution in [-0.2, 0) is 20.5 Å². The average molecular weight is 604 g/mol. The number of phenols is 2. The maximum Gasteiger partial charge on any atom is 0.421 e. The fourth-order valence-corrected chi connectivity index (χ4v) is 4.69. The van der Waals surface area contributed by atoms with Gasteiger partial charge in [0.2, 0.25) is 5.91 Å². The Balaban J connectivity index is 1.85. The third kappa shape index (κ3) is 8.97. The number of carbonyl (C=O) groups is 2. The number of anilines is 1. The van der Waals surface area contributed by atoms with E-state index < -0.39 is 41.5 Å². The number of nitrogens with one attached hydrogen (secondary N) is 1. The standard InChI is InChI=1S/C30H36F3N5O5/c1-3-43-27(42)12-11-26(41)38(23-7-4-8-25(40)28(23)30(31,32)33)15-5-6-20-18-21(9-10-24(20)39)29(35)36-22-13-16-37(17-14-22)19(2)34/h4-10,18,22,34,39-40H,3,11-17H2,1-2H3,(H2,35,36)/b6-5+,34-19?. The number of alkyl halides is 3. The third-order valence-corrected chi connectivity index (χ3v) is 6.91. The number of amides is 1. The summed E-state index contributed by atoms with van der Waals surface area (Å²) in [7, 11) is 0. The van der Waals surface area contributed by atoms with Crippen LogP contribution >= 0.6 is 0 Å². The number of esters is 1. The molecule has 2 aromatic rings. The summed E-state index contributed by atoms with van der Waals surface area (Å²) in [6, 6.07) is 7.67. The lowest BCUT2D eigenvalue weighted by atomic mass is 10.0. The number of amidine groups is 2. The summed E-state index contributed by atoms with van der Waals surface area (Å²) >= 11 is 0. The number of aromatic hydroxyl groups is 2. The zero-order valence-corrected chi connectivity index (χ0v) is 24.0. The fourth-order valence-electron chi connectivity index (χ4n) is 4.69. The monoisotopic (exact) mass is 603 g/mol. The molecule has 0 radical (unpaired) electrons. The Morgan fingerprint density at radius 1 is 1.16 bits per heavy atom. The van der Waals surface area contributed by atoms with Crippen LogP contribution in [0.15, 0.2) is 47.5 Å². The van der Waals surface area contributed by atoms with Gasteiger partial charge in [-0.25, -0.2) is 0 Å². The molecule has 2 aromatic carbocycles. The van der Waals surface area contributed by atoms with Crippen LogP contribution in [0.5, 0.6) is 11.5 Å². The molecule has 0 aromatic heterocycles. The molecule has 1 aliphatic rings. The maximum atomic E-state index is 13.9. The van der Waals surface area contributed by atoms with Crippen molar-refractivity contribution in [2.45, 2.75) is 51.7 Å². The van der Waals surface area contributed by atoms with Crippen molar-refractivity contribution in [3.63, 3.8) is 0 Å². The summed E-state index contributed by atoms with van der Waals surface area (Å²) in [5.74, 6) is -1.89. The number of nitrogens with zero attached hydrogens (tertiary/aromatic N) is 3. The molecule has 0 saturated carbocycles. The van der Waals surface area contributed by atoms with Gasteiger partial charge in [-0.3, -0.25) is 20.0 Å². The van der Waals surface area contributed by atoms with Crippen molar-refractivity contribution in [3.05, 3.63) is 59.2 Å². The summed E-state index contributed by atoms with van der Waals surface area (Å²) in [4.78, 5) is 32.3. The lowest BCUT2D eigenvalue weighted by Crippen LogP contribution is -2.38. The molecule has 0 spiro atoms. The van der Waals surface area contributed by atoms with Crippen LogP contribution in [0.3, 0.4) is 0 Å². The van der Waals surface area contributed by atoms with Gasteiger partial charge in [-0.05, 0) is 57.0 Å². The number of nitrogens with two attached hydrogens (primary N) is 1. The molecule has 1 heterocycles. The van der Waals surface area contributed by atoms with Gasteiger partial charge in [-0.1, -0.05) is 18.2 Å². The number of hydrogen-bond donors (Lipinski definition) is 4. The Labute approximate surface area is 247 Å². The van der Waals surface area contributed by atoms with Gasteiger partial charge in [0.25, 0.3) is 0 Å². The number of phenolic OH excluding ortho intramolecular Hbond substituents is 2. The second-order valence-electron chi connectivity index (χ2n) is 9.97. The van der Waals surface area contributed by atoms with Crippen LogP contribution < -0.4 is 10.6 Å². The molecule has 1 aliphatic heterocycles. The highest BCUT2D eigenvalue weighted by Gasteiger charge is 2.39. The van der Waals surface area contributed by atoms with Crippen molar-refractivity contribution in [1.82, 2.24) is 4.90 Å². The van der Waals surface area contributed by atoms with Crippen molar-refractivity contribution in [2.75, 3.05) is 31.1 Å². The van der Waals surface area contributed by atoms with E-state index in [4.69, 9.17) is 15.9 Å². The number of halogens is 3. The zero-order valence-electron chi connectivity index (χ0n) is 24.0. The average Bonchev–Trinajstić information content (AvgIpc) is 2.94. The number of ether oxygens (including phenoxy) is 1. The van der Waals surface area contributed by atoms with Gasteiger partial charge in [-0.2, -0.15) is 13.2 Å². The molecule has 0 aliphatic carbocycles. The molecule has 232 valence electrons. The smallest absolute Gasteiger partial charge is 0.421 e. The highest BCUT2D eigenvalue weighted by molar-refractivity contribution is 5.98. The van der Waals surface area contributed by atoms with Crippen LogP contribution in [0.25, 0.3) is 6.08 Å². The van der Waals surface area contributed by atoms with E-state index in [0.717, 1.165) is 29.9 Å². The van der Waals surface area contributed by atoms with E-state index in [1.54, 1.807) is 26.0 Å². The van der Waals surface area contributed by atoms with Gasteiger partial charge in [0.05, 0.1) is 30.6 Å². The normalized spacial score (nSPS) is 14.6. The molecule has 1 fully saturated rings. The van der Waals surface area contributed by atoms with Crippen molar-refractivity contribution in [2.24, 2.45) is 10.7 Å². The Bertz CT molecular complexity index is 1380. The van der Waals surface area contributed by atoms with E-state index >= 15 is 0 Å². The summed E-state index contributed by atoms with van der Waals surface area (Å²) < 4.78 is 46.4. The van der Waals surface area contributed by atoms with Crippen LogP contribution in [0, 0.1) is 5.41 Å². The minimum Gasteiger partial charge on any atom is -0.507 e. The van der Waals surface area contributed by atoms with Crippen molar-refractivity contribution in [3.8, 4) is 11.5 Å². The first kappa shape index (κ1) is 33.0. The molecule has 3 rings (SSSR count). The Morgan fingerprint density at radius 2 is 1.86 bits per heavy atom. The van der Waals surface area contributed by atoms with Gasteiger partial charge in [0.1, 0.15) is 22.9 Å². The van der Waals surface area contributed by atoms with Crippen LogP contribution in [0.1, 0.15) is 56.2 Å². The molecule has 1 saturated heterocycles. The highest BCUT2D eigenvalue weighted by Crippen LogP contribution is 2.42. The molecule has 13 heteroatoms. The highest BCUT2D eigenvalue weighted by atomic mass is 19.4. The predicted octanol–water partition coefficient (Wildman–Crippen LogP) is 4.67. The van der Waals surface area contributed by atoms with E-state index in [2.05, 4.69) is 4.99 Å². The number of piperidine rings is 1. The SMILES string of the molecule is CCOC(=O)CCC(=O)N(C/C=C/c1cc(C(N)=NC2CCN(C(C)=N)CC2)ccc1O)c1cccc(O)c1C(F)(F)F. The van der Waals surface area contributed by atoms with E-state index in [-0.39, 0.29) is 42.8 Å². The van der Waals surface area contributed by atoms with Crippen molar-refractivity contribution in [1.29, 1.82) is 5.41 Å². The number of carbonyl (C=O) groups excluding carboxylic acids is 2. The number of aliphatic imine (C=N–C) groups is 1. The lowest BCUT2D eigenvalue weighted by Gasteiger charge is -2.31. The topological polar surface area (TPSA) is 153 Å². The summed E-state index contributed by atoms with van der Waals surface area (Å²) in [5.41, 5.74) is 5.10. The minimum atomic E-state index is -4.97. The molecular weight excluding hydrogens is 567 g/mol. The number of hydrogen-bond acceptors (Lipinski definition) is 7. The molecule has 0 atom stereocenters.